The molecule has 5 nitrogen and oxygen atoms in total. The molecule has 0 atom stereocenters. The summed E-state index contributed by atoms with van der Waals surface area (Å²) < 4.78 is 1.93. The minimum Gasteiger partial charge on any atom is -0.369 e. The molecule has 8 heteroatoms. The summed E-state index contributed by atoms with van der Waals surface area (Å²) >= 11 is 6.46. The summed E-state index contributed by atoms with van der Waals surface area (Å²) in [6.07, 6.45) is 5.40. The van der Waals surface area contributed by atoms with E-state index in [1.54, 1.807) is 11.3 Å². The second kappa shape index (κ2) is 11.0. The Bertz CT molecular complexity index is 1080. The molecule has 2 aromatic carbocycles. The van der Waals surface area contributed by atoms with E-state index in [4.69, 9.17) is 6.42 Å². The molecule has 1 aromatic heterocycles. The van der Waals surface area contributed by atoms with Crippen LogP contribution in [0.25, 0.3) is 11.3 Å². The van der Waals surface area contributed by atoms with Crippen molar-refractivity contribution in [2.24, 2.45) is 0 Å². The molecule has 0 saturated carbocycles. The summed E-state index contributed by atoms with van der Waals surface area (Å²) in [7, 11) is 0. The Morgan fingerprint density at radius 2 is 1.84 bits per heavy atom. The second-order valence-corrected chi connectivity index (χ2v) is 10.4. The van der Waals surface area contributed by atoms with Gasteiger partial charge in [-0.1, -0.05) is 45.7 Å². The fraction of sp³-hybridized carbons (Fsp3) is 0.250. The van der Waals surface area contributed by atoms with Crippen LogP contribution in [0.1, 0.15) is 0 Å². The SMILES string of the molecule is C#CCN1CCN(c2ccc(NC(=O)CSc3nc(-c4ccc(Br)cc4)cs3)cc2)CC1. The van der Waals surface area contributed by atoms with Gasteiger partial charge in [-0.05, 0) is 36.4 Å². The van der Waals surface area contributed by atoms with Crippen LogP contribution in [-0.4, -0.2) is 54.3 Å². The average Bonchev–Trinajstić information content (AvgIpc) is 3.29. The van der Waals surface area contributed by atoms with Crippen molar-refractivity contribution in [3.8, 4) is 23.6 Å². The van der Waals surface area contributed by atoms with Gasteiger partial charge in [0.2, 0.25) is 5.91 Å². The van der Waals surface area contributed by atoms with Crippen LogP contribution in [0.2, 0.25) is 0 Å². The summed E-state index contributed by atoms with van der Waals surface area (Å²) in [5.74, 6) is 3.00. The molecule has 2 heterocycles. The summed E-state index contributed by atoms with van der Waals surface area (Å²) in [6, 6.07) is 16.1. The Labute approximate surface area is 205 Å². The van der Waals surface area contributed by atoms with Crippen molar-refractivity contribution in [1.82, 2.24) is 9.88 Å². The highest BCUT2D eigenvalue weighted by Gasteiger charge is 2.16. The standard InChI is InChI=1S/C24H23BrN4OS2/c1-2-11-28-12-14-29(15-13-28)21-9-7-20(8-10-21)26-23(30)17-32-24-27-22(16-31-24)18-3-5-19(25)6-4-18/h1,3-10,16H,11-15,17H2,(H,26,30). The van der Waals surface area contributed by atoms with Gasteiger partial charge >= 0.3 is 0 Å². The zero-order chi connectivity index (χ0) is 22.3. The molecule has 1 saturated heterocycles. The predicted molar refractivity (Wildman–Crippen MR) is 139 cm³/mol. The number of piperazine rings is 1. The van der Waals surface area contributed by atoms with Gasteiger partial charge < -0.3 is 10.2 Å². The minimum absolute atomic E-state index is 0.0361. The molecule has 0 radical (unpaired) electrons. The Hall–Kier alpha value is -2.31. The maximum absolute atomic E-state index is 12.4. The van der Waals surface area contributed by atoms with Crippen molar-refractivity contribution in [2.45, 2.75) is 4.34 Å². The predicted octanol–water partition coefficient (Wildman–Crippen LogP) is 5.06. The van der Waals surface area contributed by atoms with E-state index in [1.807, 2.05) is 41.8 Å². The van der Waals surface area contributed by atoms with Gasteiger partial charge in [0.05, 0.1) is 18.0 Å². The number of terminal acetylenes is 1. The van der Waals surface area contributed by atoms with Crippen LogP contribution in [0.15, 0.2) is 62.7 Å². The van der Waals surface area contributed by atoms with Gasteiger partial charge in [-0.3, -0.25) is 9.69 Å². The van der Waals surface area contributed by atoms with E-state index >= 15 is 0 Å². The molecule has 1 amide bonds. The molecule has 0 spiro atoms. The number of amides is 1. The Balaban J connectivity index is 1.25. The van der Waals surface area contributed by atoms with Crippen molar-refractivity contribution in [3.63, 3.8) is 0 Å². The van der Waals surface area contributed by atoms with Crippen LogP contribution in [0.4, 0.5) is 11.4 Å². The van der Waals surface area contributed by atoms with E-state index in [-0.39, 0.29) is 5.91 Å². The topological polar surface area (TPSA) is 48.5 Å². The zero-order valence-corrected chi connectivity index (χ0v) is 20.7. The number of aromatic nitrogens is 1. The van der Waals surface area contributed by atoms with E-state index in [1.165, 1.54) is 17.4 Å². The van der Waals surface area contributed by atoms with Crippen molar-refractivity contribution >= 4 is 56.3 Å². The number of thioether (sulfide) groups is 1. The minimum atomic E-state index is -0.0361. The van der Waals surface area contributed by atoms with Crippen molar-refractivity contribution < 1.29 is 4.79 Å². The molecule has 0 aliphatic carbocycles. The maximum atomic E-state index is 12.4. The summed E-state index contributed by atoms with van der Waals surface area (Å²) in [5, 5.41) is 5.00. The first-order valence-corrected chi connectivity index (χ1v) is 12.9. The quantitative estimate of drug-likeness (QED) is 0.344. The number of hydrogen-bond donors (Lipinski definition) is 1. The number of anilines is 2. The number of carbonyl (C=O) groups is 1. The molecule has 164 valence electrons. The fourth-order valence-corrected chi connectivity index (χ4v) is 5.35. The highest BCUT2D eigenvalue weighted by molar-refractivity contribution is 9.10. The van der Waals surface area contributed by atoms with Crippen LogP contribution in [0.5, 0.6) is 0 Å². The lowest BCUT2D eigenvalue weighted by molar-refractivity contribution is -0.113. The van der Waals surface area contributed by atoms with E-state index in [9.17, 15) is 4.79 Å². The monoisotopic (exact) mass is 526 g/mol. The Kier molecular flexibility index (Phi) is 7.87. The zero-order valence-electron chi connectivity index (χ0n) is 17.5. The molecule has 32 heavy (non-hydrogen) atoms. The van der Waals surface area contributed by atoms with Crippen molar-refractivity contribution in [3.05, 3.63) is 58.4 Å². The molecule has 1 aliphatic rings. The van der Waals surface area contributed by atoms with Crippen LogP contribution in [0.3, 0.4) is 0 Å². The van der Waals surface area contributed by atoms with E-state index in [2.05, 4.69) is 54.1 Å². The van der Waals surface area contributed by atoms with E-state index < -0.39 is 0 Å². The van der Waals surface area contributed by atoms with Crippen LogP contribution in [0, 0.1) is 12.3 Å². The molecule has 3 aromatic rings. The smallest absolute Gasteiger partial charge is 0.234 e. The van der Waals surface area contributed by atoms with Gasteiger partial charge in [-0.15, -0.1) is 17.8 Å². The number of halogens is 1. The molecule has 0 bridgehead atoms. The molecule has 1 aliphatic heterocycles. The number of carbonyl (C=O) groups excluding carboxylic acids is 1. The highest BCUT2D eigenvalue weighted by atomic mass is 79.9. The van der Waals surface area contributed by atoms with Crippen LogP contribution < -0.4 is 10.2 Å². The van der Waals surface area contributed by atoms with Crippen molar-refractivity contribution in [2.75, 3.05) is 48.7 Å². The summed E-state index contributed by atoms with van der Waals surface area (Å²) in [5.41, 5.74) is 3.97. The number of nitrogens with one attached hydrogen (secondary N) is 1. The average molecular weight is 528 g/mol. The first-order chi connectivity index (χ1) is 15.6. The lowest BCUT2D eigenvalue weighted by Crippen LogP contribution is -2.46. The lowest BCUT2D eigenvalue weighted by Gasteiger charge is -2.35. The van der Waals surface area contributed by atoms with Gasteiger partial charge in [0.25, 0.3) is 0 Å². The molecule has 4 rings (SSSR count). The Morgan fingerprint density at radius 3 is 2.53 bits per heavy atom. The molecule has 0 unspecified atom stereocenters. The molecular weight excluding hydrogens is 504 g/mol. The summed E-state index contributed by atoms with van der Waals surface area (Å²) in [6.45, 7) is 4.57. The first kappa shape index (κ1) is 22.9. The van der Waals surface area contributed by atoms with E-state index in [0.717, 1.165) is 51.9 Å². The largest absolute Gasteiger partial charge is 0.369 e. The van der Waals surface area contributed by atoms with Crippen LogP contribution >= 0.6 is 39.0 Å². The highest BCUT2D eigenvalue weighted by Crippen LogP contribution is 2.29. The Morgan fingerprint density at radius 1 is 1.12 bits per heavy atom. The second-order valence-electron chi connectivity index (χ2n) is 7.36. The molecule has 1 N–H and O–H groups in total. The number of nitrogens with zero attached hydrogens (tertiary/aromatic N) is 3. The third-order valence-electron chi connectivity index (χ3n) is 5.15. The van der Waals surface area contributed by atoms with Crippen molar-refractivity contribution in [1.29, 1.82) is 0 Å². The first-order valence-electron chi connectivity index (χ1n) is 10.3. The van der Waals surface area contributed by atoms with E-state index in [0.29, 0.717) is 12.3 Å². The fourth-order valence-electron chi connectivity index (χ4n) is 3.45. The molecule has 1 fully saturated rings. The summed E-state index contributed by atoms with van der Waals surface area (Å²) in [4.78, 5) is 21.7. The van der Waals surface area contributed by atoms with Gasteiger partial charge in [-0.2, -0.15) is 0 Å². The third-order valence-corrected chi connectivity index (χ3v) is 7.70. The number of rotatable bonds is 7. The number of hydrogen-bond acceptors (Lipinski definition) is 6. The number of benzene rings is 2. The number of thiazole rings is 1. The third kappa shape index (κ3) is 6.14. The lowest BCUT2D eigenvalue weighted by atomic mass is 10.2. The molecular formula is C24H23BrN4OS2. The normalized spacial score (nSPS) is 14.2. The van der Waals surface area contributed by atoms with Crippen LogP contribution in [-0.2, 0) is 4.79 Å². The maximum Gasteiger partial charge on any atom is 0.234 e. The van der Waals surface area contributed by atoms with Gasteiger partial charge in [0.1, 0.15) is 0 Å². The van der Waals surface area contributed by atoms with Gasteiger partial charge in [-0.25, -0.2) is 4.98 Å². The van der Waals surface area contributed by atoms with Gasteiger partial charge in [0.15, 0.2) is 4.34 Å². The van der Waals surface area contributed by atoms with Gasteiger partial charge in [0, 0.05) is 53.0 Å².